The zero-order valence-corrected chi connectivity index (χ0v) is 15.1. The van der Waals surface area contributed by atoms with Crippen LogP contribution in [0.3, 0.4) is 0 Å². The Labute approximate surface area is 157 Å². The number of aromatic hydroxyl groups is 1. The molecular formula is C21H20N4O2. The normalized spacial score (nSPS) is 10.7. The molecule has 2 N–H and O–H groups in total. The lowest BCUT2D eigenvalue weighted by molar-refractivity contribution is 0.102. The molecule has 1 heterocycles. The van der Waals surface area contributed by atoms with Crippen LogP contribution >= 0.6 is 0 Å². The first-order valence-electron chi connectivity index (χ1n) is 8.40. The van der Waals surface area contributed by atoms with Gasteiger partial charge in [-0.3, -0.25) is 4.79 Å². The first-order valence-corrected chi connectivity index (χ1v) is 8.40. The third kappa shape index (κ3) is 4.70. The molecule has 0 spiro atoms. The molecule has 0 atom stereocenters. The number of carbonyl (C=O) groups excluding carboxylic acids is 1. The molecule has 2 aromatic carbocycles. The van der Waals surface area contributed by atoms with Crippen LogP contribution in [0.1, 0.15) is 15.9 Å². The highest BCUT2D eigenvalue weighted by molar-refractivity contribution is 6.04. The Bertz CT molecular complexity index is 949. The Morgan fingerprint density at radius 1 is 1.07 bits per heavy atom. The lowest BCUT2D eigenvalue weighted by atomic mass is 10.1. The lowest BCUT2D eigenvalue weighted by Gasteiger charge is -2.12. The number of benzene rings is 2. The summed E-state index contributed by atoms with van der Waals surface area (Å²) in [6.45, 7) is 0. The van der Waals surface area contributed by atoms with Gasteiger partial charge in [0.15, 0.2) is 11.6 Å². The molecule has 0 aliphatic heterocycles. The van der Waals surface area contributed by atoms with Crippen molar-refractivity contribution in [3.8, 4) is 5.75 Å². The average molecular weight is 360 g/mol. The summed E-state index contributed by atoms with van der Waals surface area (Å²) in [5.74, 6) is 0.120. The maximum atomic E-state index is 12.3. The molecule has 0 fully saturated rings. The van der Waals surface area contributed by atoms with Crippen LogP contribution in [-0.2, 0) is 0 Å². The van der Waals surface area contributed by atoms with Gasteiger partial charge in [-0.25, -0.2) is 9.98 Å². The number of carbonyl (C=O) groups is 1. The van der Waals surface area contributed by atoms with Gasteiger partial charge in [0.2, 0.25) is 0 Å². The molecule has 136 valence electrons. The molecule has 0 bridgehead atoms. The van der Waals surface area contributed by atoms with E-state index < -0.39 is 0 Å². The number of anilines is 2. The van der Waals surface area contributed by atoms with Gasteiger partial charge in [-0.15, -0.1) is 0 Å². The molecule has 6 nitrogen and oxygen atoms in total. The van der Waals surface area contributed by atoms with Crippen LogP contribution < -0.4 is 10.2 Å². The van der Waals surface area contributed by atoms with Crippen molar-refractivity contribution in [3.05, 3.63) is 78.0 Å². The van der Waals surface area contributed by atoms with Gasteiger partial charge in [-0.1, -0.05) is 12.1 Å². The Balaban J connectivity index is 1.65. The van der Waals surface area contributed by atoms with Crippen LogP contribution in [0, 0.1) is 0 Å². The Kier molecular flexibility index (Phi) is 5.47. The van der Waals surface area contributed by atoms with Gasteiger partial charge in [0.05, 0.1) is 0 Å². The standard InChI is InChI=1S/C21H20N4O2/c1-25(2)18-11-7-16(8-12-18)21(27)24-17-9-5-15(6-10-17)14-23-20-19(26)4-3-13-22-20/h3-14,26H,1-2H3,(H,24,27)/b23-14+. The van der Waals surface area contributed by atoms with Gasteiger partial charge in [-0.05, 0) is 54.1 Å². The van der Waals surface area contributed by atoms with Gasteiger partial charge >= 0.3 is 0 Å². The molecule has 0 aliphatic rings. The fourth-order valence-corrected chi connectivity index (χ4v) is 2.39. The Morgan fingerprint density at radius 2 is 1.78 bits per heavy atom. The molecule has 0 saturated heterocycles. The molecule has 3 rings (SSSR count). The summed E-state index contributed by atoms with van der Waals surface area (Å²) in [6.07, 6.45) is 3.17. The van der Waals surface area contributed by atoms with E-state index in [1.165, 1.54) is 6.07 Å². The predicted molar refractivity (Wildman–Crippen MR) is 108 cm³/mol. The summed E-state index contributed by atoms with van der Waals surface area (Å²) in [4.78, 5) is 22.5. The summed E-state index contributed by atoms with van der Waals surface area (Å²) in [6, 6.07) is 17.8. The van der Waals surface area contributed by atoms with E-state index >= 15 is 0 Å². The van der Waals surface area contributed by atoms with Gasteiger partial charge in [0.1, 0.15) is 0 Å². The Morgan fingerprint density at radius 3 is 2.41 bits per heavy atom. The zero-order valence-electron chi connectivity index (χ0n) is 15.1. The Hall–Kier alpha value is -3.67. The maximum Gasteiger partial charge on any atom is 0.255 e. The largest absolute Gasteiger partial charge is 0.504 e. The summed E-state index contributed by atoms with van der Waals surface area (Å²) < 4.78 is 0. The van der Waals surface area contributed by atoms with Crippen molar-refractivity contribution < 1.29 is 9.90 Å². The monoisotopic (exact) mass is 360 g/mol. The molecule has 27 heavy (non-hydrogen) atoms. The van der Waals surface area contributed by atoms with Crippen LogP contribution in [0.15, 0.2) is 71.9 Å². The van der Waals surface area contributed by atoms with E-state index in [0.29, 0.717) is 11.3 Å². The third-order valence-electron chi connectivity index (χ3n) is 3.92. The van der Waals surface area contributed by atoms with Gasteiger partial charge in [-0.2, -0.15) is 0 Å². The summed E-state index contributed by atoms with van der Waals surface area (Å²) in [5, 5.41) is 12.5. The smallest absolute Gasteiger partial charge is 0.255 e. The average Bonchev–Trinajstić information content (AvgIpc) is 2.68. The summed E-state index contributed by atoms with van der Waals surface area (Å²) in [7, 11) is 3.91. The summed E-state index contributed by atoms with van der Waals surface area (Å²) >= 11 is 0. The van der Waals surface area contributed by atoms with E-state index in [-0.39, 0.29) is 17.5 Å². The minimum atomic E-state index is -0.167. The second-order valence-corrected chi connectivity index (χ2v) is 6.12. The van der Waals surface area contributed by atoms with Crippen molar-refractivity contribution in [3.63, 3.8) is 0 Å². The van der Waals surface area contributed by atoms with Crippen molar-refractivity contribution >= 4 is 29.3 Å². The number of hydrogen-bond acceptors (Lipinski definition) is 5. The number of pyridine rings is 1. The molecule has 0 unspecified atom stereocenters. The molecule has 6 heteroatoms. The fourth-order valence-electron chi connectivity index (χ4n) is 2.39. The topological polar surface area (TPSA) is 77.8 Å². The highest BCUT2D eigenvalue weighted by Gasteiger charge is 2.06. The van der Waals surface area contributed by atoms with Crippen molar-refractivity contribution in [2.75, 3.05) is 24.3 Å². The number of aromatic nitrogens is 1. The molecular weight excluding hydrogens is 340 g/mol. The first kappa shape index (κ1) is 18.1. The maximum absolute atomic E-state index is 12.3. The molecule has 0 saturated carbocycles. The van der Waals surface area contributed by atoms with Gasteiger partial charge in [0.25, 0.3) is 5.91 Å². The van der Waals surface area contributed by atoms with Crippen LogP contribution in [0.4, 0.5) is 17.2 Å². The second kappa shape index (κ2) is 8.14. The number of aliphatic imine (C=N–C) groups is 1. The number of hydrogen-bond donors (Lipinski definition) is 2. The minimum absolute atomic E-state index is 0.0259. The first-order chi connectivity index (χ1) is 13.0. The van der Waals surface area contributed by atoms with Crippen LogP contribution in [0.5, 0.6) is 5.75 Å². The quantitative estimate of drug-likeness (QED) is 0.678. The number of nitrogens with zero attached hydrogens (tertiary/aromatic N) is 3. The highest BCUT2D eigenvalue weighted by Crippen LogP contribution is 2.21. The van der Waals surface area contributed by atoms with E-state index in [0.717, 1.165) is 11.3 Å². The molecule has 0 aliphatic carbocycles. The molecule has 0 radical (unpaired) electrons. The predicted octanol–water partition coefficient (Wildman–Crippen LogP) is 3.86. The van der Waals surface area contributed by atoms with Gasteiger partial charge < -0.3 is 15.3 Å². The minimum Gasteiger partial charge on any atom is -0.504 e. The SMILES string of the molecule is CN(C)c1ccc(C(=O)Nc2ccc(/C=N/c3ncccc3O)cc2)cc1. The molecule has 1 aromatic heterocycles. The van der Waals surface area contributed by atoms with Crippen molar-refractivity contribution in [1.82, 2.24) is 4.98 Å². The number of nitrogens with one attached hydrogen (secondary N) is 1. The van der Waals surface area contributed by atoms with E-state index in [9.17, 15) is 9.90 Å². The van der Waals surface area contributed by atoms with Crippen LogP contribution in [-0.4, -0.2) is 36.3 Å². The number of rotatable bonds is 5. The van der Waals surface area contributed by atoms with Crippen molar-refractivity contribution in [1.29, 1.82) is 0 Å². The molecule has 3 aromatic rings. The lowest BCUT2D eigenvalue weighted by Crippen LogP contribution is -2.13. The fraction of sp³-hybridized carbons (Fsp3) is 0.0952. The molecule has 1 amide bonds. The van der Waals surface area contributed by atoms with Crippen molar-refractivity contribution in [2.45, 2.75) is 0 Å². The summed E-state index contributed by atoms with van der Waals surface area (Å²) in [5.41, 5.74) is 3.15. The number of amides is 1. The van der Waals surface area contributed by atoms with E-state index in [4.69, 9.17) is 0 Å². The third-order valence-corrected chi connectivity index (χ3v) is 3.92. The zero-order chi connectivity index (χ0) is 19.2. The van der Waals surface area contributed by atoms with E-state index in [1.807, 2.05) is 43.3 Å². The van der Waals surface area contributed by atoms with E-state index in [1.54, 1.807) is 42.7 Å². The van der Waals surface area contributed by atoms with Crippen LogP contribution in [0.2, 0.25) is 0 Å². The van der Waals surface area contributed by atoms with Crippen molar-refractivity contribution in [2.24, 2.45) is 4.99 Å². The highest BCUT2D eigenvalue weighted by atomic mass is 16.3. The van der Waals surface area contributed by atoms with E-state index in [2.05, 4.69) is 15.3 Å². The van der Waals surface area contributed by atoms with Crippen LogP contribution in [0.25, 0.3) is 0 Å². The second-order valence-electron chi connectivity index (χ2n) is 6.12. The van der Waals surface area contributed by atoms with Gasteiger partial charge in [0, 0.05) is 43.4 Å².